The van der Waals surface area contributed by atoms with Crippen molar-refractivity contribution in [3.8, 4) is 0 Å². The van der Waals surface area contributed by atoms with Crippen LogP contribution in [0.1, 0.15) is 82.3 Å². The second-order valence-electron chi connectivity index (χ2n) is 13.4. The summed E-state index contributed by atoms with van der Waals surface area (Å²) in [4.78, 5) is 89.6. The Balaban J connectivity index is 1.68. The van der Waals surface area contributed by atoms with Gasteiger partial charge in [0.2, 0.25) is 23.5 Å². The number of H-pyrrole nitrogens is 2. The molecule has 3 rings (SSSR count). The molecule has 0 saturated heterocycles. The molecule has 1 aromatic carbocycles. The summed E-state index contributed by atoms with van der Waals surface area (Å²) in [7, 11) is 0. The number of aromatic nitrogens is 2. The molecule has 0 spiro atoms. The first-order valence-corrected chi connectivity index (χ1v) is 16.2. The van der Waals surface area contributed by atoms with Gasteiger partial charge in [-0.15, -0.1) is 0 Å². The molecule has 4 amide bonds. The lowest BCUT2D eigenvalue weighted by molar-refractivity contribution is -0.384. The summed E-state index contributed by atoms with van der Waals surface area (Å²) in [5, 5.41) is 21.6. The number of rotatable bonds is 15. The van der Waals surface area contributed by atoms with E-state index >= 15 is 0 Å². The van der Waals surface area contributed by atoms with Crippen molar-refractivity contribution in [3.05, 3.63) is 72.3 Å². The SMILES string of the molecule is CC(C)[C@H](NC(=O)[C@@H](N)CNC(=O)c1[nH]c(=O)[nH]c(=O)c1F)C(=O)N[C@@H](CC1CCCCC1)C(=O)NC(C)(C)Cc1ccc([N+](=O)[O-])cc1. The van der Waals surface area contributed by atoms with E-state index in [9.17, 15) is 43.3 Å². The third-order valence-corrected chi connectivity index (χ3v) is 8.36. The van der Waals surface area contributed by atoms with Crippen LogP contribution in [0, 0.1) is 27.8 Å². The van der Waals surface area contributed by atoms with Crippen LogP contribution < -0.4 is 38.2 Å². The maximum atomic E-state index is 14.0. The number of benzene rings is 1. The Morgan fingerprint density at radius 2 is 1.63 bits per heavy atom. The Kier molecular flexibility index (Phi) is 13.3. The highest BCUT2D eigenvalue weighted by atomic mass is 19.1. The van der Waals surface area contributed by atoms with E-state index in [2.05, 4.69) is 21.3 Å². The molecule has 1 aliphatic carbocycles. The number of nitrogens with two attached hydrogens (primary N) is 1. The molecule has 2 aromatic rings. The van der Waals surface area contributed by atoms with Crippen LogP contribution in [0.5, 0.6) is 0 Å². The van der Waals surface area contributed by atoms with E-state index in [1.54, 1.807) is 31.0 Å². The third-order valence-electron chi connectivity index (χ3n) is 8.36. The van der Waals surface area contributed by atoms with Gasteiger partial charge in [0.1, 0.15) is 23.8 Å². The highest BCUT2D eigenvalue weighted by molar-refractivity contribution is 5.95. The summed E-state index contributed by atoms with van der Waals surface area (Å²) < 4.78 is 14.0. The first-order valence-electron chi connectivity index (χ1n) is 16.2. The molecule has 0 bridgehead atoms. The Morgan fingerprint density at radius 1 is 1.00 bits per heavy atom. The lowest BCUT2D eigenvalue weighted by Crippen LogP contribution is -2.60. The highest BCUT2D eigenvalue weighted by Gasteiger charge is 2.34. The molecule has 0 radical (unpaired) electrons. The van der Waals surface area contributed by atoms with Crippen LogP contribution in [-0.2, 0) is 20.8 Å². The zero-order valence-corrected chi connectivity index (χ0v) is 28.0. The van der Waals surface area contributed by atoms with Gasteiger partial charge >= 0.3 is 5.69 Å². The number of nitro benzene ring substituents is 1. The molecule has 1 fully saturated rings. The Labute approximate surface area is 281 Å². The highest BCUT2D eigenvalue weighted by Crippen LogP contribution is 2.28. The van der Waals surface area contributed by atoms with Crippen LogP contribution in [0.15, 0.2) is 33.9 Å². The number of nitrogens with zero attached hydrogens (tertiary/aromatic N) is 1. The number of aromatic amines is 2. The van der Waals surface area contributed by atoms with E-state index in [-0.39, 0.29) is 11.6 Å². The van der Waals surface area contributed by atoms with Gasteiger partial charge in [0.05, 0.1) is 4.92 Å². The minimum absolute atomic E-state index is 0.0451. The van der Waals surface area contributed by atoms with Crippen molar-refractivity contribution < 1.29 is 28.5 Å². The van der Waals surface area contributed by atoms with Crippen molar-refractivity contribution in [2.24, 2.45) is 17.6 Å². The number of nitro groups is 1. The minimum Gasteiger partial charge on any atom is -0.349 e. The van der Waals surface area contributed by atoms with Crippen LogP contribution >= 0.6 is 0 Å². The van der Waals surface area contributed by atoms with E-state index in [1.807, 2.05) is 18.8 Å². The van der Waals surface area contributed by atoms with Gasteiger partial charge < -0.3 is 32.0 Å². The minimum atomic E-state index is -1.52. The fraction of sp³-hybridized carbons (Fsp3) is 0.562. The van der Waals surface area contributed by atoms with Gasteiger partial charge in [0.15, 0.2) is 0 Å². The Morgan fingerprint density at radius 3 is 2.22 bits per heavy atom. The van der Waals surface area contributed by atoms with E-state index in [0.717, 1.165) is 37.7 Å². The van der Waals surface area contributed by atoms with Crippen molar-refractivity contribution in [1.82, 2.24) is 31.2 Å². The van der Waals surface area contributed by atoms with Crippen LogP contribution in [0.3, 0.4) is 0 Å². The molecule has 0 aliphatic heterocycles. The van der Waals surface area contributed by atoms with Gasteiger partial charge in [0.25, 0.3) is 17.2 Å². The normalized spacial score (nSPS) is 15.5. The number of hydrogen-bond acceptors (Lipinski definition) is 9. The number of hydrogen-bond donors (Lipinski definition) is 7. The van der Waals surface area contributed by atoms with Crippen molar-refractivity contribution >= 4 is 29.3 Å². The number of carbonyl (C=O) groups excluding carboxylic acids is 4. The third kappa shape index (κ3) is 11.3. The number of halogens is 1. The average Bonchev–Trinajstić information content (AvgIpc) is 3.03. The monoisotopic (exact) mass is 688 g/mol. The average molecular weight is 689 g/mol. The zero-order chi connectivity index (χ0) is 36.5. The van der Waals surface area contributed by atoms with Gasteiger partial charge in [-0.2, -0.15) is 4.39 Å². The first kappa shape index (κ1) is 38.5. The maximum Gasteiger partial charge on any atom is 0.326 e. The molecule has 1 aliphatic rings. The molecule has 1 saturated carbocycles. The maximum absolute atomic E-state index is 14.0. The zero-order valence-electron chi connectivity index (χ0n) is 28.0. The molecular weight excluding hydrogens is 643 g/mol. The Hall–Kier alpha value is -4.93. The molecule has 3 atom stereocenters. The summed E-state index contributed by atoms with van der Waals surface area (Å²) in [6, 6.07) is 2.59. The fourth-order valence-corrected chi connectivity index (χ4v) is 5.77. The molecule has 1 aromatic heterocycles. The van der Waals surface area contributed by atoms with Crippen molar-refractivity contribution in [2.45, 2.75) is 96.3 Å². The van der Waals surface area contributed by atoms with Gasteiger partial charge in [-0.25, -0.2) is 4.79 Å². The molecular formula is C32H45FN8O8. The van der Waals surface area contributed by atoms with E-state index < -0.39 is 87.4 Å². The summed E-state index contributed by atoms with van der Waals surface area (Å²) in [5.74, 6) is -4.81. The standard InChI is InChI=1S/C32H45FN8O8/c1-17(2)24(37-26(42)21(34)16-35-29(45)25-23(33)28(44)39-31(47)38-25)30(46)36-22(14-18-8-6-5-7-9-18)27(43)40-32(3,4)15-19-10-12-20(13-11-19)41(48)49/h10-13,17-18,21-22,24H,5-9,14-16,34H2,1-4H3,(H,35,45)(H,36,46)(H,37,42)(H,40,43)(H2,38,39,44,47)/t21-,22-,24-/m0/s1. The fourth-order valence-electron chi connectivity index (χ4n) is 5.77. The summed E-state index contributed by atoms with van der Waals surface area (Å²) in [6.07, 6.45) is 5.70. The largest absolute Gasteiger partial charge is 0.349 e. The van der Waals surface area contributed by atoms with E-state index in [4.69, 9.17) is 5.73 Å². The quantitative estimate of drug-likeness (QED) is 0.104. The number of nitrogens with one attached hydrogen (secondary N) is 6. The van der Waals surface area contributed by atoms with Crippen LogP contribution in [0.25, 0.3) is 0 Å². The number of amides is 4. The van der Waals surface area contributed by atoms with Gasteiger partial charge in [0, 0.05) is 24.2 Å². The van der Waals surface area contributed by atoms with Crippen molar-refractivity contribution in [1.29, 1.82) is 0 Å². The molecule has 268 valence electrons. The van der Waals surface area contributed by atoms with Crippen molar-refractivity contribution in [3.63, 3.8) is 0 Å². The van der Waals surface area contributed by atoms with Crippen molar-refractivity contribution in [2.75, 3.05) is 6.54 Å². The summed E-state index contributed by atoms with van der Waals surface area (Å²) >= 11 is 0. The molecule has 1 heterocycles. The molecule has 8 N–H and O–H groups in total. The van der Waals surface area contributed by atoms with Crippen LogP contribution in [0.4, 0.5) is 10.1 Å². The first-order chi connectivity index (χ1) is 23.0. The van der Waals surface area contributed by atoms with E-state index in [1.165, 1.54) is 12.1 Å². The predicted molar refractivity (Wildman–Crippen MR) is 177 cm³/mol. The van der Waals surface area contributed by atoms with Gasteiger partial charge in [-0.05, 0) is 44.1 Å². The predicted octanol–water partition coefficient (Wildman–Crippen LogP) is 0.901. The molecule has 17 heteroatoms. The van der Waals surface area contributed by atoms with Gasteiger partial charge in [-0.3, -0.25) is 39.1 Å². The summed E-state index contributed by atoms with van der Waals surface area (Å²) in [5.41, 5.74) is 2.44. The van der Waals surface area contributed by atoms with Crippen LogP contribution in [-0.4, -0.2) is 68.7 Å². The molecule has 49 heavy (non-hydrogen) atoms. The summed E-state index contributed by atoms with van der Waals surface area (Å²) in [6.45, 7) is 6.47. The molecule has 16 nitrogen and oxygen atoms in total. The van der Waals surface area contributed by atoms with E-state index in [0.29, 0.717) is 12.8 Å². The number of carbonyl (C=O) groups is 4. The topological polar surface area (TPSA) is 251 Å². The smallest absolute Gasteiger partial charge is 0.326 e. The second-order valence-corrected chi connectivity index (χ2v) is 13.4. The van der Waals surface area contributed by atoms with Gasteiger partial charge in [-0.1, -0.05) is 58.1 Å². The number of non-ortho nitro benzene ring substituents is 1. The lowest BCUT2D eigenvalue weighted by Gasteiger charge is -2.33. The Bertz CT molecular complexity index is 1630. The molecule has 0 unspecified atom stereocenters. The second kappa shape index (κ2) is 16.9. The lowest BCUT2D eigenvalue weighted by atomic mass is 9.84. The van der Waals surface area contributed by atoms with Crippen LogP contribution in [0.2, 0.25) is 0 Å².